The van der Waals surface area contributed by atoms with Crippen molar-refractivity contribution in [2.75, 3.05) is 13.7 Å². The number of carbonyl (C=O) groups is 1. The van der Waals surface area contributed by atoms with Crippen molar-refractivity contribution < 1.29 is 19.0 Å². The third-order valence-corrected chi connectivity index (χ3v) is 4.55. The van der Waals surface area contributed by atoms with Crippen molar-refractivity contribution in [2.24, 2.45) is 5.10 Å². The Kier molecular flexibility index (Phi) is 6.76. The number of hydrogen-bond donors (Lipinski definition) is 1. The Morgan fingerprint density at radius 3 is 2.74 bits per heavy atom. The predicted molar refractivity (Wildman–Crippen MR) is 117 cm³/mol. The van der Waals surface area contributed by atoms with Crippen LogP contribution >= 0.6 is 11.6 Å². The summed E-state index contributed by atoms with van der Waals surface area (Å²) in [6.45, 7) is 3.60. The molecular formula is C21H20ClN3O6. The van der Waals surface area contributed by atoms with Crippen LogP contribution in [0.5, 0.6) is 11.5 Å². The summed E-state index contributed by atoms with van der Waals surface area (Å²) in [5.74, 6) is -0.134. The van der Waals surface area contributed by atoms with E-state index in [1.165, 1.54) is 26.3 Å². The second-order valence-electron chi connectivity index (χ2n) is 6.38. The van der Waals surface area contributed by atoms with Gasteiger partial charge in [-0.15, -0.1) is 4.68 Å². The number of rotatable bonds is 7. The first kappa shape index (κ1) is 22.1. The van der Waals surface area contributed by atoms with Gasteiger partial charge in [-0.25, -0.2) is 9.59 Å². The molecular weight excluding hydrogens is 426 g/mol. The summed E-state index contributed by atoms with van der Waals surface area (Å²) < 4.78 is 16.5. The van der Waals surface area contributed by atoms with Gasteiger partial charge in [0.05, 0.1) is 35.9 Å². The third-order valence-electron chi connectivity index (χ3n) is 4.27. The summed E-state index contributed by atoms with van der Waals surface area (Å²) in [4.78, 5) is 39.1. The molecule has 1 heterocycles. The molecule has 31 heavy (non-hydrogen) atoms. The van der Waals surface area contributed by atoms with Gasteiger partial charge in [-0.1, -0.05) is 23.7 Å². The fourth-order valence-electron chi connectivity index (χ4n) is 2.81. The molecule has 0 spiro atoms. The first-order valence-corrected chi connectivity index (χ1v) is 9.72. The zero-order valence-corrected chi connectivity index (χ0v) is 17.8. The van der Waals surface area contributed by atoms with Crippen molar-refractivity contribution in [1.29, 1.82) is 0 Å². The molecule has 162 valence electrons. The molecule has 1 atom stereocenters. The van der Waals surface area contributed by atoms with Gasteiger partial charge in [0.15, 0.2) is 17.6 Å². The van der Waals surface area contributed by atoms with E-state index in [9.17, 15) is 14.4 Å². The Morgan fingerprint density at radius 1 is 1.29 bits per heavy atom. The second-order valence-corrected chi connectivity index (χ2v) is 6.79. The number of esters is 1. The predicted octanol–water partition coefficient (Wildman–Crippen LogP) is 2.56. The molecule has 0 amide bonds. The molecule has 0 aliphatic heterocycles. The summed E-state index contributed by atoms with van der Waals surface area (Å²) in [5.41, 5.74) is -0.362. The number of hydrogen-bond acceptors (Lipinski definition) is 7. The highest BCUT2D eigenvalue weighted by molar-refractivity contribution is 6.32. The van der Waals surface area contributed by atoms with E-state index in [-0.39, 0.29) is 16.5 Å². The highest BCUT2D eigenvalue weighted by Crippen LogP contribution is 2.37. The number of H-pyrrole nitrogens is 1. The summed E-state index contributed by atoms with van der Waals surface area (Å²) in [6, 6.07) is 9.71. The number of nitrogens with zero attached hydrogens (tertiary/aromatic N) is 2. The van der Waals surface area contributed by atoms with Gasteiger partial charge >= 0.3 is 11.7 Å². The van der Waals surface area contributed by atoms with Crippen molar-refractivity contribution >= 4 is 34.7 Å². The molecule has 1 N–H and O–H groups in total. The number of ether oxygens (including phenoxy) is 3. The number of benzene rings is 2. The number of para-hydroxylation sites is 1. The topological polar surface area (TPSA) is 112 Å². The molecule has 0 bridgehead atoms. The molecule has 0 fully saturated rings. The van der Waals surface area contributed by atoms with Gasteiger partial charge in [0.2, 0.25) is 0 Å². The van der Waals surface area contributed by atoms with Gasteiger partial charge in [-0.3, -0.25) is 4.79 Å². The smallest absolute Gasteiger partial charge is 0.349 e. The number of aromatic amines is 1. The zero-order chi connectivity index (χ0) is 22.5. The molecule has 10 heteroatoms. The Bertz CT molecular complexity index is 1260. The lowest BCUT2D eigenvalue weighted by atomic mass is 10.2. The lowest BCUT2D eigenvalue weighted by molar-refractivity contribution is -0.147. The summed E-state index contributed by atoms with van der Waals surface area (Å²) >= 11 is 6.33. The van der Waals surface area contributed by atoms with E-state index >= 15 is 0 Å². The van der Waals surface area contributed by atoms with Crippen molar-refractivity contribution in [2.45, 2.75) is 20.0 Å². The number of aromatic nitrogens is 2. The molecule has 3 rings (SSSR count). The SMILES string of the molecule is CCOc1cc(C=Nn2c(=O)[nH]c3ccccc3c2=O)cc(Cl)c1OC(C)C(=O)OC. The van der Waals surface area contributed by atoms with E-state index in [1.54, 1.807) is 37.3 Å². The molecule has 1 unspecified atom stereocenters. The minimum Gasteiger partial charge on any atom is -0.490 e. The van der Waals surface area contributed by atoms with Gasteiger partial charge in [0.25, 0.3) is 5.56 Å². The van der Waals surface area contributed by atoms with Crippen molar-refractivity contribution in [1.82, 2.24) is 9.66 Å². The molecule has 2 aromatic carbocycles. The number of carbonyl (C=O) groups excluding carboxylic acids is 1. The maximum Gasteiger partial charge on any atom is 0.349 e. The van der Waals surface area contributed by atoms with Crippen LogP contribution in [0.15, 0.2) is 51.1 Å². The molecule has 0 aliphatic carbocycles. The zero-order valence-electron chi connectivity index (χ0n) is 17.0. The van der Waals surface area contributed by atoms with Gasteiger partial charge in [0.1, 0.15) is 0 Å². The lowest BCUT2D eigenvalue weighted by Gasteiger charge is -2.17. The van der Waals surface area contributed by atoms with Crippen LogP contribution in [0, 0.1) is 0 Å². The summed E-state index contributed by atoms with van der Waals surface area (Å²) in [7, 11) is 1.25. The van der Waals surface area contributed by atoms with Gasteiger partial charge in [-0.2, -0.15) is 5.10 Å². The molecule has 0 saturated carbocycles. The van der Waals surface area contributed by atoms with Crippen molar-refractivity contribution in [3.05, 3.63) is 67.8 Å². The van der Waals surface area contributed by atoms with E-state index in [1.807, 2.05) is 0 Å². The van der Waals surface area contributed by atoms with Gasteiger partial charge in [0, 0.05) is 0 Å². The standard InChI is InChI=1S/C21H20ClN3O6/c1-4-30-17-10-13(9-15(22)18(17)31-12(2)20(27)29-3)11-23-25-19(26)14-7-5-6-8-16(14)24-21(25)28/h5-12H,4H2,1-3H3,(H,24,28). The van der Waals surface area contributed by atoms with Crippen LogP contribution in [0.25, 0.3) is 10.9 Å². The third kappa shape index (κ3) is 4.77. The monoisotopic (exact) mass is 445 g/mol. The maximum absolute atomic E-state index is 12.6. The Labute approximate surface area is 181 Å². The largest absolute Gasteiger partial charge is 0.490 e. The fraction of sp³-hybridized carbons (Fsp3) is 0.238. The van der Waals surface area contributed by atoms with Crippen LogP contribution in [0.2, 0.25) is 5.02 Å². The molecule has 1 aromatic heterocycles. The lowest BCUT2D eigenvalue weighted by Crippen LogP contribution is -2.32. The fourth-order valence-corrected chi connectivity index (χ4v) is 3.08. The quantitative estimate of drug-likeness (QED) is 0.442. The average Bonchev–Trinajstić information content (AvgIpc) is 2.75. The van der Waals surface area contributed by atoms with E-state index < -0.39 is 23.3 Å². The minimum absolute atomic E-state index is 0.155. The van der Waals surface area contributed by atoms with Crippen LogP contribution < -0.4 is 20.7 Å². The summed E-state index contributed by atoms with van der Waals surface area (Å²) in [5, 5.41) is 4.49. The summed E-state index contributed by atoms with van der Waals surface area (Å²) in [6.07, 6.45) is 0.392. The van der Waals surface area contributed by atoms with E-state index in [0.29, 0.717) is 23.1 Å². The normalized spacial score (nSPS) is 12.1. The number of fused-ring (bicyclic) bond motifs is 1. The number of halogens is 1. The molecule has 0 radical (unpaired) electrons. The van der Waals surface area contributed by atoms with E-state index in [0.717, 1.165) is 4.68 Å². The Hall–Kier alpha value is -3.59. The Morgan fingerprint density at radius 2 is 2.03 bits per heavy atom. The van der Waals surface area contributed by atoms with Crippen LogP contribution in [-0.2, 0) is 9.53 Å². The average molecular weight is 446 g/mol. The maximum atomic E-state index is 12.6. The van der Waals surface area contributed by atoms with Gasteiger partial charge < -0.3 is 19.2 Å². The van der Waals surface area contributed by atoms with Crippen LogP contribution in [0.3, 0.4) is 0 Å². The highest BCUT2D eigenvalue weighted by atomic mass is 35.5. The first-order chi connectivity index (χ1) is 14.8. The Balaban J connectivity index is 2.00. The van der Waals surface area contributed by atoms with E-state index in [4.69, 9.17) is 21.1 Å². The highest BCUT2D eigenvalue weighted by Gasteiger charge is 2.20. The number of methoxy groups -OCH3 is 1. The molecule has 0 saturated heterocycles. The van der Waals surface area contributed by atoms with Crippen LogP contribution in [-0.4, -0.2) is 41.7 Å². The first-order valence-electron chi connectivity index (χ1n) is 9.35. The van der Waals surface area contributed by atoms with Crippen molar-refractivity contribution in [3.8, 4) is 11.5 Å². The molecule has 0 aliphatic rings. The van der Waals surface area contributed by atoms with Crippen molar-refractivity contribution in [3.63, 3.8) is 0 Å². The number of nitrogens with one attached hydrogen (secondary N) is 1. The van der Waals surface area contributed by atoms with Crippen LogP contribution in [0.1, 0.15) is 19.4 Å². The minimum atomic E-state index is -0.907. The van der Waals surface area contributed by atoms with E-state index in [2.05, 4.69) is 14.8 Å². The van der Waals surface area contributed by atoms with Crippen LogP contribution in [0.4, 0.5) is 0 Å². The second kappa shape index (κ2) is 9.48. The van der Waals surface area contributed by atoms with Gasteiger partial charge in [-0.05, 0) is 43.7 Å². The molecule has 9 nitrogen and oxygen atoms in total. The molecule has 3 aromatic rings.